The van der Waals surface area contributed by atoms with Crippen molar-refractivity contribution in [1.29, 1.82) is 5.26 Å². The van der Waals surface area contributed by atoms with Crippen LogP contribution in [-0.4, -0.2) is 37.0 Å². The smallest absolute Gasteiger partial charge is 0.216 e. The minimum absolute atomic E-state index is 0.0705. The van der Waals surface area contributed by atoms with Crippen LogP contribution in [0.25, 0.3) is 0 Å². The minimum atomic E-state index is -0.191. The molecule has 0 bridgehead atoms. The predicted octanol–water partition coefficient (Wildman–Crippen LogP) is 2.16. The van der Waals surface area contributed by atoms with Gasteiger partial charge in [-0.15, -0.1) is 0 Å². The zero-order chi connectivity index (χ0) is 14.3. The molecular weight excluding hydrogens is 238 g/mol. The lowest BCUT2D eigenvalue weighted by molar-refractivity contribution is -0.119. The number of hydrogen-bond acceptors (Lipinski definition) is 3. The zero-order valence-corrected chi connectivity index (χ0v) is 12.5. The number of likely N-dealkylation sites (tertiary alicyclic amines) is 1. The van der Waals surface area contributed by atoms with Gasteiger partial charge in [-0.2, -0.15) is 5.26 Å². The molecule has 1 N–H and O–H groups in total. The van der Waals surface area contributed by atoms with Gasteiger partial charge in [-0.3, -0.25) is 4.79 Å². The molecule has 1 rings (SSSR count). The highest BCUT2D eigenvalue weighted by Crippen LogP contribution is 2.22. The molecule has 1 saturated heterocycles. The molecule has 19 heavy (non-hydrogen) atoms. The van der Waals surface area contributed by atoms with E-state index in [1.54, 1.807) is 6.92 Å². The summed E-state index contributed by atoms with van der Waals surface area (Å²) in [7, 11) is 0. The molecule has 4 nitrogen and oxygen atoms in total. The Morgan fingerprint density at radius 2 is 2.05 bits per heavy atom. The van der Waals surface area contributed by atoms with Gasteiger partial charge in [-0.1, -0.05) is 0 Å². The third-order valence-corrected chi connectivity index (χ3v) is 3.93. The summed E-state index contributed by atoms with van der Waals surface area (Å²) in [6.07, 6.45) is 4.40. The fourth-order valence-corrected chi connectivity index (χ4v) is 2.50. The average Bonchev–Trinajstić information content (AvgIpc) is 2.37. The van der Waals surface area contributed by atoms with Crippen molar-refractivity contribution in [3.8, 4) is 6.07 Å². The molecule has 0 aromatic heterocycles. The van der Waals surface area contributed by atoms with Crippen molar-refractivity contribution < 1.29 is 4.79 Å². The van der Waals surface area contributed by atoms with Crippen LogP contribution in [0.15, 0.2) is 0 Å². The minimum Gasteiger partial charge on any atom is -0.356 e. The molecule has 4 heteroatoms. The van der Waals surface area contributed by atoms with E-state index in [0.717, 1.165) is 39.0 Å². The van der Waals surface area contributed by atoms with Crippen LogP contribution in [0.4, 0.5) is 0 Å². The van der Waals surface area contributed by atoms with Gasteiger partial charge in [0.15, 0.2) is 0 Å². The Kier molecular flexibility index (Phi) is 6.30. The molecule has 1 aliphatic rings. The number of amides is 1. The molecule has 1 aliphatic heterocycles. The number of piperidine rings is 1. The van der Waals surface area contributed by atoms with Crippen LogP contribution >= 0.6 is 0 Å². The van der Waals surface area contributed by atoms with Crippen LogP contribution in [0, 0.1) is 22.7 Å². The molecule has 0 unspecified atom stereocenters. The summed E-state index contributed by atoms with van der Waals surface area (Å²) < 4.78 is 0. The van der Waals surface area contributed by atoms with Crippen molar-refractivity contribution in [3.63, 3.8) is 0 Å². The maximum atomic E-state index is 10.9. The number of hydrogen-bond donors (Lipinski definition) is 1. The Morgan fingerprint density at radius 1 is 1.42 bits per heavy atom. The van der Waals surface area contributed by atoms with Gasteiger partial charge in [0.05, 0.1) is 11.5 Å². The maximum absolute atomic E-state index is 10.9. The summed E-state index contributed by atoms with van der Waals surface area (Å²) >= 11 is 0. The average molecular weight is 265 g/mol. The molecule has 1 fully saturated rings. The van der Waals surface area contributed by atoms with Crippen molar-refractivity contribution in [2.45, 2.75) is 46.5 Å². The van der Waals surface area contributed by atoms with Gasteiger partial charge < -0.3 is 10.2 Å². The van der Waals surface area contributed by atoms with Gasteiger partial charge in [0.2, 0.25) is 5.91 Å². The quantitative estimate of drug-likeness (QED) is 0.800. The van der Waals surface area contributed by atoms with Crippen LogP contribution in [0.5, 0.6) is 0 Å². The molecule has 0 atom stereocenters. The number of nitriles is 1. The largest absolute Gasteiger partial charge is 0.356 e. The van der Waals surface area contributed by atoms with Crippen molar-refractivity contribution in [2.75, 3.05) is 26.2 Å². The summed E-state index contributed by atoms with van der Waals surface area (Å²) in [4.78, 5) is 13.4. The van der Waals surface area contributed by atoms with E-state index in [4.69, 9.17) is 5.26 Å². The van der Waals surface area contributed by atoms with E-state index >= 15 is 0 Å². The van der Waals surface area contributed by atoms with E-state index in [1.165, 1.54) is 12.8 Å². The highest BCUT2D eigenvalue weighted by molar-refractivity contribution is 5.72. The van der Waals surface area contributed by atoms with Crippen LogP contribution in [-0.2, 0) is 4.79 Å². The lowest BCUT2D eigenvalue weighted by Gasteiger charge is -2.32. The first kappa shape index (κ1) is 16.0. The summed E-state index contributed by atoms with van der Waals surface area (Å²) in [6.45, 7) is 9.75. The van der Waals surface area contributed by atoms with Crippen LogP contribution in [0.2, 0.25) is 0 Å². The fourth-order valence-electron chi connectivity index (χ4n) is 2.50. The lowest BCUT2D eigenvalue weighted by Crippen LogP contribution is -2.38. The number of nitrogens with one attached hydrogen (secondary N) is 1. The maximum Gasteiger partial charge on any atom is 0.216 e. The Balaban J connectivity index is 2.13. The molecule has 108 valence electrons. The second kappa shape index (κ2) is 7.49. The Labute approximate surface area is 117 Å². The van der Waals surface area contributed by atoms with Gasteiger partial charge in [0.1, 0.15) is 0 Å². The third-order valence-electron chi connectivity index (χ3n) is 3.93. The topological polar surface area (TPSA) is 56.1 Å². The molecule has 0 aromatic carbocycles. The van der Waals surface area contributed by atoms with Crippen molar-refractivity contribution in [3.05, 3.63) is 0 Å². The van der Waals surface area contributed by atoms with E-state index in [2.05, 4.69) is 16.3 Å². The lowest BCUT2D eigenvalue weighted by atomic mass is 9.89. The molecule has 0 radical (unpaired) electrons. The van der Waals surface area contributed by atoms with E-state index in [0.29, 0.717) is 5.92 Å². The second-order valence-corrected chi connectivity index (χ2v) is 6.32. The van der Waals surface area contributed by atoms with Crippen molar-refractivity contribution >= 4 is 5.91 Å². The number of rotatable bonds is 6. The van der Waals surface area contributed by atoms with E-state index < -0.39 is 0 Å². The van der Waals surface area contributed by atoms with E-state index in [1.807, 2.05) is 13.8 Å². The Morgan fingerprint density at radius 3 is 2.58 bits per heavy atom. The van der Waals surface area contributed by atoms with Crippen molar-refractivity contribution in [2.24, 2.45) is 11.3 Å². The Hall–Kier alpha value is -1.08. The first-order valence-corrected chi connectivity index (χ1v) is 7.31. The van der Waals surface area contributed by atoms with Gasteiger partial charge in [-0.25, -0.2) is 0 Å². The van der Waals surface area contributed by atoms with Crippen LogP contribution < -0.4 is 5.32 Å². The zero-order valence-electron chi connectivity index (χ0n) is 12.5. The highest BCUT2D eigenvalue weighted by atomic mass is 16.1. The molecule has 0 aromatic rings. The van der Waals surface area contributed by atoms with Gasteiger partial charge in [0, 0.05) is 13.5 Å². The number of carbonyl (C=O) groups is 1. The SMILES string of the molecule is CC(=O)NCC1CCN(CCCC(C)(C)C#N)CC1. The van der Waals surface area contributed by atoms with E-state index in [-0.39, 0.29) is 11.3 Å². The molecule has 1 heterocycles. The molecular formula is C15H27N3O. The van der Waals surface area contributed by atoms with Crippen LogP contribution in [0.1, 0.15) is 46.5 Å². The second-order valence-electron chi connectivity index (χ2n) is 6.32. The number of nitrogens with zero attached hydrogens (tertiary/aromatic N) is 2. The molecule has 1 amide bonds. The number of carbonyl (C=O) groups excluding carboxylic acids is 1. The van der Waals surface area contributed by atoms with Gasteiger partial charge >= 0.3 is 0 Å². The van der Waals surface area contributed by atoms with E-state index in [9.17, 15) is 4.79 Å². The van der Waals surface area contributed by atoms with Crippen LogP contribution in [0.3, 0.4) is 0 Å². The molecule has 0 aliphatic carbocycles. The predicted molar refractivity (Wildman–Crippen MR) is 76.5 cm³/mol. The standard InChI is InChI=1S/C15H27N3O/c1-13(19)17-11-14-5-9-18(10-6-14)8-4-7-15(2,3)12-16/h14H,4-11H2,1-3H3,(H,17,19). The summed E-state index contributed by atoms with van der Waals surface area (Å²) in [6, 6.07) is 2.35. The Bertz CT molecular complexity index is 325. The molecule has 0 spiro atoms. The molecule has 0 saturated carbocycles. The van der Waals surface area contributed by atoms with Crippen molar-refractivity contribution in [1.82, 2.24) is 10.2 Å². The summed E-state index contributed by atoms with van der Waals surface area (Å²) in [5.74, 6) is 0.705. The third kappa shape index (κ3) is 6.58. The summed E-state index contributed by atoms with van der Waals surface area (Å²) in [5.41, 5.74) is -0.191. The first-order chi connectivity index (χ1) is 8.93. The monoisotopic (exact) mass is 265 g/mol. The van der Waals surface area contributed by atoms with Gasteiger partial charge in [0.25, 0.3) is 0 Å². The normalized spacial score (nSPS) is 18.0. The summed E-state index contributed by atoms with van der Waals surface area (Å²) in [5, 5.41) is 11.9. The fraction of sp³-hybridized carbons (Fsp3) is 0.867. The first-order valence-electron chi connectivity index (χ1n) is 7.31. The highest BCUT2D eigenvalue weighted by Gasteiger charge is 2.20. The van der Waals surface area contributed by atoms with Gasteiger partial charge in [-0.05, 0) is 65.1 Å².